The zero-order valence-electron chi connectivity index (χ0n) is 31.1. The molecule has 10 heteroatoms. The van der Waals surface area contributed by atoms with Gasteiger partial charge in [-0.1, -0.05) is 124 Å². The average molecular weight is 733 g/mol. The van der Waals surface area contributed by atoms with E-state index in [4.69, 9.17) is 19.3 Å². The van der Waals surface area contributed by atoms with Crippen molar-refractivity contribution in [2.75, 3.05) is 13.2 Å². The molecule has 51 heavy (non-hydrogen) atoms. The highest BCUT2D eigenvalue weighted by atomic mass is 31.2. The van der Waals surface area contributed by atoms with Gasteiger partial charge in [0.15, 0.2) is 6.10 Å². The van der Waals surface area contributed by atoms with Crippen molar-refractivity contribution in [2.45, 2.75) is 135 Å². The summed E-state index contributed by atoms with van der Waals surface area (Å²) in [5.41, 5.74) is 0. The topological polar surface area (TPSA) is 140 Å². The first-order valence-corrected chi connectivity index (χ1v) is 20.2. The standard InChI is InChI=1S/C41H65O9P/c1-3-5-7-9-11-13-14-15-16-17-18-20-22-26-30-34-40(43)48-36-39(37-49-51(45,46)47)50-41(44)35-31-27-23-25-29-33-38(42)32-28-24-21-19-12-10-8-6-4-2/h5,7,11-13,15-16,18-20,23-25,28-29,33,38-39,42H,3-4,6,8-10,14,17,21-22,26-27,30-32,34-37H2,1-2H3,(H2,45,46,47)/b7-5-,13-11-,16-15-,19-12-,20-18-,25-23+,28-24-,33-29-/t38?,39-/m1/s1. The minimum atomic E-state index is -4.80. The molecule has 0 rings (SSSR count). The van der Waals surface area contributed by atoms with Crippen LogP contribution >= 0.6 is 7.82 Å². The third-order valence-electron chi connectivity index (χ3n) is 7.17. The molecule has 0 aromatic rings. The fraction of sp³-hybridized carbons (Fsp3) is 0.561. The van der Waals surface area contributed by atoms with Crippen LogP contribution in [-0.4, -0.2) is 52.3 Å². The zero-order valence-corrected chi connectivity index (χ0v) is 32.0. The van der Waals surface area contributed by atoms with Gasteiger partial charge in [0.2, 0.25) is 0 Å². The Bertz CT molecular complexity index is 1160. The predicted octanol–water partition coefficient (Wildman–Crippen LogP) is 10.0. The molecule has 3 N–H and O–H groups in total. The normalized spacial score (nSPS) is 14.2. The number of carbonyl (C=O) groups is 2. The Balaban J connectivity index is 4.27. The van der Waals surface area contributed by atoms with Crippen molar-refractivity contribution >= 4 is 19.8 Å². The van der Waals surface area contributed by atoms with Gasteiger partial charge in [-0.15, -0.1) is 0 Å². The number of unbranched alkanes of at least 4 members (excludes halogenated alkanes) is 6. The number of phosphoric acid groups is 1. The van der Waals surface area contributed by atoms with Crippen LogP contribution in [0.15, 0.2) is 97.2 Å². The lowest BCUT2D eigenvalue weighted by Gasteiger charge is -2.18. The van der Waals surface area contributed by atoms with Crippen LogP contribution in [0.1, 0.15) is 123 Å². The van der Waals surface area contributed by atoms with Gasteiger partial charge in [-0.05, 0) is 83.5 Å². The molecular formula is C41H65O9P. The summed E-state index contributed by atoms with van der Waals surface area (Å²) < 4.78 is 26.2. The van der Waals surface area contributed by atoms with Crippen molar-refractivity contribution in [3.05, 3.63) is 97.2 Å². The molecule has 0 aliphatic heterocycles. The van der Waals surface area contributed by atoms with Crippen LogP contribution in [-0.2, 0) is 28.2 Å². The van der Waals surface area contributed by atoms with Crippen LogP contribution in [0.4, 0.5) is 0 Å². The number of hydrogen-bond acceptors (Lipinski definition) is 7. The zero-order chi connectivity index (χ0) is 37.7. The lowest BCUT2D eigenvalue weighted by molar-refractivity contribution is -0.161. The molecule has 0 amide bonds. The molecule has 288 valence electrons. The summed E-state index contributed by atoms with van der Waals surface area (Å²) in [6.07, 6.45) is 44.5. The smallest absolute Gasteiger partial charge is 0.462 e. The first-order chi connectivity index (χ1) is 24.7. The molecule has 0 aliphatic rings. The maximum atomic E-state index is 12.3. The van der Waals surface area contributed by atoms with Gasteiger partial charge in [-0.3, -0.25) is 14.1 Å². The second kappa shape index (κ2) is 35.3. The highest BCUT2D eigenvalue weighted by Crippen LogP contribution is 2.35. The van der Waals surface area contributed by atoms with Gasteiger partial charge in [0.1, 0.15) is 6.61 Å². The lowest BCUT2D eigenvalue weighted by atomic mass is 10.2. The van der Waals surface area contributed by atoms with E-state index in [9.17, 15) is 19.3 Å². The van der Waals surface area contributed by atoms with E-state index in [1.54, 1.807) is 18.2 Å². The van der Waals surface area contributed by atoms with Crippen molar-refractivity contribution in [2.24, 2.45) is 0 Å². The summed E-state index contributed by atoms with van der Waals surface area (Å²) in [5.74, 6) is -1.08. The molecule has 0 saturated carbocycles. The Morgan fingerprint density at radius 3 is 1.78 bits per heavy atom. The molecule has 0 heterocycles. The molecule has 0 radical (unpaired) electrons. The third-order valence-corrected chi connectivity index (χ3v) is 7.65. The molecule has 0 aliphatic carbocycles. The predicted molar refractivity (Wildman–Crippen MR) is 208 cm³/mol. The summed E-state index contributed by atoms with van der Waals surface area (Å²) in [6, 6.07) is 0. The first-order valence-electron chi connectivity index (χ1n) is 18.6. The molecular weight excluding hydrogens is 667 g/mol. The van der Waals surface area contributed by atoms with Crippen molar-refractivity contribution in [3.8, 4) is 0 Å². The Morgan fingerprint density at radius 1 is 0.627 bits per heavy atom. The summed E-state index contributed by atoms with van der Waals surface area (Å²) in [5, 5.41) is 10.1. The summed E-state index contributed by atoms with van der Waals surface area (Å²) in [6.45, 7) is 3.35. The average Bonchev–Trinajstić information content (AvgIpc) is 3.09. The summed E-state index contributed by atoms with van der Waals surface area (Å²) in [7, 11) is -4.80. The van der Waals surface area contributed by atoms with Gasteiger partial charge in [0.05, 0.1) is 12.7 Å². The molecule has 0 aromatic carbocycles. The van der Waals surface area contributed by atoms with Gasteiger partial charge in [-0.2, -0.15) is 0 Å². The summed E-state index contributed by atoms with van der Waals surface area (Å²) in [4.78, 5) is 42.7. The van der Waals surface area contributed by atoms with Crippen LogP contribution in [0, 0.1) is 0 Å². The number of esters is 2. The number of ether oxygens (including phenoxy) is 2. The van der Waals surface area contributed by atoms with Crippen molar-refractivity contribution in [1.29, 1.82) is 0 Å². The third kappa shape index (κ3) is 38.0. The number of hydrogen-bond donors (Lipinski definition) is 3. The van der Waals surface area contributed by atoms with Crippen molar-refractivity contribution in [1.82, 2.24) is 0 Å². The molecule has 2 atom stereocenters. The molecule has 0 fully saturated rings. The molecule has 9 nitrogen and oxygen atoms in total. The van der Waals surface area contributed by atoms with Crippen LogP contribution in [0.25, 0.3) is 0 Å². The molecule has 1 unspecified atom stereocenters. The van der Waals surface area contributed by atoms with Crippen LogP contribution < -0.4 is 0 Å². The first kappa shape index (κ1) is 47.9. The Kier molecular flexibility index (Phi) is 33.2. The second-order valence-electron chi connectivity index (χ2n) is 12.0. The number of aliphatic hydroxyl groups excluding tert-OH is 1. The van der Waals surface area contributed by atoms with Gasteiger partial charge in [-0.25, -0.2) is 4.57 Å². The van der Waals surface area contributed by atoms with E-state index < -0.39 is 38.6 Å². The van der Waals surface area contributed by atoms with Crippen LogP contribution in [0.2, 0.25) is 0 Å². The maximum Gasteiger partial charge on any atom is 0.469 e. The second-order valence-corrected chi connectivity index (χ2v) is 13.2. The van der Waals surface area contributed by atoms with E-state index in [1.165, 1.54) is 19.3 Å². The molecule has 0 spiro atoms. The van der Waals surface area contributed by atoms with Crippen molar-refractivity contribution in [3.63, 3.8) is 0 Å². The van der Waals surface area contributed by atoms with E-state index in [1.807, 2.05) is 18.2 Å². The van der Waals surface area contributed by atoms with Crippen molar-refractivity contribution < 1.29 is 43.0 Å². The molecule has 0 aromatic heterocycles. The van der Waals surface area contributed by atoms with Gasteiger partial charge >= 0.3 is 19.8 Å². The Morgan fingerprint density at radius 2 is 1.18 bits per heavy atom. The minimum absolute atomic E-state index is 0.0617. The highest BCUT2D eigenvalue weighted by Gasteiger charge is 2.22. The van der Waals surface area contributed by atoms with Gasteiger partial charge < -0.3 is 24.4 Å². The van der Waals surface area contributed by atoms with E-state index >= 15 is 0 Å². The van der Waals surface area contributed by atoms with Gasteiger partial charge in [0.25, 0.3) is 0 Å². The minimum Gasteiger partial charge on any atom is -0.462 e. The fourth-order valence-corrected chi connectivity index (χ4v) is 4.74. The maximum absolute atomic E-state index is 12.3. The van der Waals surface area contributed by atoms with E-state index in [0.717, 1.165) is 51.4 Å². The Hall–Kier alpha value is -3.07. The number of aliphatic hydroxyl groups is 1. The molecule has 0 saturated heterocycles. The number of rotatable bonds is 32. The van der Waals surface area contributed by atoms with Gasteiger partial charge in [0, 0.05) is 12.8 Å². The quantitative estimate of drug-likeness (QED) is 0.0203. The van der Waals surface area contributed by atoms with E-state index in [-0.39, 0.29) is 19.4 Å². The van der Waals surface area contributed by atoms with Crippen LogP contribution in [0.3, 0.4) is 0 Å². The summed E-state index contributed by atoms with van der Waals surface area (Å²) >= 11 is 0. The lowest BCUT2D eigenvalue weighted by Crippen LogP contribution is -2.29. The largest absolute Gasteiger partial charge is 0.469 e. The number of allylic oxidation sites excluding steroid dienone is 14. The fourth-order valence-electron chi connectivity index (χ4n) is 4.38. The Labute approximate surface area is 307 Å². The number of carbonyl (C=O) groups excluding carboxylic acids is 2. The van der Waals surface area contributed by atoms with E-state index in [2.05, 4.69) is 79.1 Å². The highest BCUT2D eigenvalue weighted by molar-refractivity contribution is 7.46. The SMILES string of the molecule is CC/C=C\C/C=C\C/C=C\C/C=C\CCCCC(=O)OC[C@H](COP(=O)(O)O)OC(=O)CCC/C=C/C=C\C(O)C/C=C\C/C=C\CCCCC. The number of phosphoric ester groups is 1. The van der Waals surface area contributed by atoms with E-state index in [0.29, 0.717) is 25.7 Å². The molecule has 0 bridgehead atoms. The van der Waals surface area contributed by atoms with Crippen LogP contribution in [0.5, 0.6) is 0 Å². The monoisotopic (exact) mass is 732 g/mol.